The van der Waals surface area contributed by atoms with E-state index in [-0.39, 0.29) is 0 Å². The van der Waals surface area contributed by atoms with Crippen LogP contribution in [0.4, 0.5) is 11.4 Å². The van der Waals surface area contributed by atoms with Gasteiger partial charge in [0.1, 0.15) is 0 Å². The van der Waals surface area contributed by atoms with E-state index in [1.54, 1.807) is 0 Å². The second-order valence-electron chi connectivity index (χ2n) is 13.7. The van der Waals surface area contributed by atoms with Crippen molar-refractivity contribution in [2.24, 2.45) is 9.98 Å². The Labute approximate surface area is 261 Å². The van der Waals surface area contributed by atoms with Crippen LogP contribution in [-0.4, -0.2) is 45.9 Å². The summed E-state index contributed by atoms with van der Waals surface area (Å²) < 4.78 is 0. The van der Waals surface area contributed by atoms with E-state index in [1.807, 2.05) is 0 Å². The third kappa shape index (κ3) is 8.22. The van der Waals surface area contributed by atoms with Crippen molar-refractivity contribution in [3.8, 4) is 0 Å². The Kier molecular flexibility index (Phi) is 11.1. The van der Waals surface area contributed by atoms with E-state index < -0.39 is 0 Å². The Morgan fingerprint density at radius 3 is 1.26 bits per heavy atom. The maximum atomic E-state index is 5.78. The third-order valence-electron chi connectivity index (χ3n) is 10.6. The van der Waals surface area contributed by atoms with E-state index in [4.69, 9.17) is 9.98 Å². The number of rotatable bonds is 6. The van der Waals surface area contributed by atoms with Crippen molar-refractivity contribution in [2.75, 3.05) is 5.32 Å². The smallest absolute Gasteiger partial charge is 0.231 e. The Morgan fingerprint density at radius 2 is 0.860 bits per heavy atom. The topological polar surface area (TPSA) is 43.2 Å². The Bertz CT molecular complexity index is 1060. The van der Waals surface area contributed by atoms with Crippen LogP contribution in [0.15, 0.2) is 70.6 Å². The third-order valence-corrected chi connectivity index (χ3v) is 10.6. The van der Waals surface area contributed by atoms with Gasteiger partial charge in [-0.25, -0.2) is 4.99 Å². The molecule has 0 spiro atoms. The second-order valence-corrected chi connectivity index (χ2v) is 13.7. The molecule has 0 saturated heterocycles. The van der Waals surface area contributed by atoms with Gasteiger partial charge >= 0.3 is 0 Å². The number of hydrogen-bond acceptors (Lipinski definition) is 1. The van der Waals surface area contributed by atoms with Crippen molar-refractivity contribution in [3.63, 3.8) is 0 Å². The van der Waals surface area contributed by atoms with Gasteiger partial charge in [-0.05, 0) is 75.6 Å². The summed E-state index contributed by atoms with van der Waals surface area (Å²) in [5, 5.41) is 3.69. The quantitative estimate of drug-likeness (QED) is 0.273. The van der Waals surface area contributed by atoms with Crippen LogP contribution in [0.2, 0.25) is 0 Å². The average molecular weight is 582 g/mol. The molecule has 232 valence electrons. The monoisotopic (exact) mass is 581 g/mol. The first kappa shape index (κ1) is 30.2. The van der Waals surface area contributed by atoms with E-state index in [1.165, 1.54) is 134 Å². The SMILES string of the molecule is c1ccc(/N=C(\N=C(N(C2CCCCC2)C2CCCCC2)N(C2CCCCC2)C2CCCCC2)Nc2ccccc2)cc1. The van der Waals surface area contributed by atoms with Crippen LogP contribution < -0.4 is 5.32 Å². The zero-order valence-corrected chi connectivity index (χ0v) is 26.5. The fraction of sp³-hybridized carbons (Fsp3) is 0.632. The average Bonchev–Trinajstić information content (AvgIpc) is 3.08. The fourth-order valence-corrected chi connectivity index (χ4v) is 8.39. The minimum absolute atomic E-state index is 0.583. The molecule has 0 radical (unpaired) electrons. The molecule has 1 N–H and O–H groups in total. The largest absolute Gasteiger partial charge is 0.336 e. The van der Waals surface area contributed by atoms with Gasteiger partial charge in [-0.1, -0.05) is 113 Å². The molecule has 2 aromatic rings. The molecule has 43 heavy (non-hydrogen) atoms. The molecule has 6 rings (SSSR count). The number of para-hydroxylation sites is 2. The van der Waals surface area contributed by atoms with E-state index in [2.05, 4.69) is 75.8 Å². The summed E-state index contributed by atoms with van der Waals surface area (Å²) >= 11 is 0. The molecule has 0 heterocycles. The summed E-state index contributed by atoms with van der Waals surface area (Å²) in [6.45, 7) is 0. The summed E-state index contributed by atoms with van der Waals surface area (Å²) in [6.07, 6.45) is 26.7. The lowest BCUT2D eigenvalue weighted by atomic mass is 9.87. The number of hydrogen-bond donors (Lipinski definition) is 1. The molecule has 4 fully saturated rings. The van der Waals surface area contributed by atoms with Crippen molar-refractivity contribution in [2.45, 2.75) is 153 Å². The molecule has 5 nitrogen and oxygen atoms in total. The number of guanidine groups is 2. The summed E-state index contributed by atoms with van der Waals surface area (Å²) in [5.74, 6) is 1.98. The minimum atomic E-state index is 0.583. The van der Waals surface area contributed by atoms with Crippen LogP contribution >= 0.6 is 0 Å². The van der Waals surface area contributed by atoms with Gasteiger partial charge in [0.2, 0.25) is 11.9 Å². The summed E-state index contributed by atoms with van der Waals surface area (Å²) in [6, 6.07) is 23.3. The summed E-state index contributed by atoms with van der Waals surface area (Å²) in [4.78, 5) is 16.8. The van der Waals surface area contributed by atoms with E-state index >= 15 is 0 Å². The highest BCUT2D eigenvalue weighted by Gasteiger charge is 2.39. The van der Waals surface area contributed by atoms with Gasteiger partial charge in [-0.15, -0.1) is 0 Å². The van der Waals surface area contributed by atoms with Gasteiger partial charge < -0.3 is 15.1 Å². The van der Waals surface area contributed by atoms with Crippen molar-refractivity contribution in [1.82, 2.24) is 9.80 Å². The van der Waals surface area contributed by atoms with Crippen LogP contribution in [0.3, 0.4) is 0 Å². The van der Waals surface area contributed by atoms with E-state index in [0.29, 0.717) is 24.2 Å². The normalized spacial score (nSPS) is 21.7. The number of benzene rings is 2. The first-order chi connectivity index (χ1) is 21.3. The highest BCUT2D eigenvalue weighted by molar-refractivity contribution is 6.03. The molecule has 0 amide bonds. The Morgan fingerprint density at radius 1 is 0.488 bits per heavy atom. The zero-order chi connectivity index (χ0) is 29.1. The molecule has 0 aliphatic heterocycles. The summed E-state index contributed by atoms with van der Waals surface area (Å²) in [7, 11) is 0. The van der Waals surface area contributed by atoms with E-state index in [9.17, 15) is 0 Å². The van der Waals surface area contributed by atoms with Crippen LogP contribution in [0.1, 0.15) is 128 Å². The highest BCUT2D eigenvalue weighted by Crippen LogP contribution is 2.36. The standard InChI is InChI=1S/C38H55N5/c1-7-19-31(20-8-1)39-37(40-32-21-9-2-10-22-32)41-38(42(33-23-11-3-12-24-33)34-25-13-4-14-26-34)43(35-27-15-5-16-28-35)36-29-17-6-18-30-36/h1-2,7-10,19-22,33-36H,3-6,11-18,23-30H2,(H,39,40). The van der Waals surface area contributed by atoms with Gasteiger partial charge in [0.05, 0.1) is 5.69 Å². The predicted molar refractivity (Wildman–Crippen MR) is 182 cm³/mol. The second kappa shape index (κ2) is 15.8. The number of nitrogens with one attached hydrogen (secondary N) is 1. The van der Waals surface area contributed by atoms with E-state index in [0.717, 1.165) is 17.3 Å². The van der Waals surface area contributed by atoms with Crippen LogP contribution in [0.25, 0.3) is 0 Å². The predicted octanol–water partition coefficient (Wildman–Crippen LogP) is 10.1. The molecule has 4 aliphatic rings. The van der Waals surface area contributed by atoms with Gasteiger partial charge in [0.25, 0.3) is 0 Å². The van der Waals surface area contributed by atoms with Crippen molar-refractivity contribution >= 4 is 23.3 Å². The molecule has 4 saturated carbocycles. The maximum absolute atomic E-state index is 5.78. The zero-order valence-electron chi connectivity index (χ0n) is 26.5. The lowest BCUT2D eigenvalue weighted by Crippen LogP contribution is -2.60. The number of aliphatic imine (C=N–C) groups is 2. The van der Waals surface area contributed by atoms with Gasteiger partial charge in [0.15, 0.2) is 0 Å². The maximum Gasteiger partial charge on any atom is 0.231 e. The van der Waals surface area contributed by atoms with Gasteiger partial charge in [-0.2, -0.15) is 4.99 Å². The molecule has 0 unspecified atom stereocenters. The first-order valence-electron chi connectivity index (χ1n) is 18.0. The summed E-state index contributed by atoms with van der Waals surface area (Å²) in [5.41, 5.74) is 2.00. The molecule has 5 heteroatoms. The molecule has 0 aromatic heterocycles. The molecule has 0 atom stereocenters. The molecule has 0 bridgehead atoms. The van der Waals surface area contributed by atoms with Crippen LogP contribution in [-0.2, 0) is 0 Å². The lowest BCUT2D eigenvalue weighted by molar-refractivity contribution is 0.0931. The fourth-order valence-electron chi connectivity index (χ4n) is 8.39. The minimum Gasteiger partial charge on any atom is -0.336 e. The van der Waals surface area contributed by atoms with Gasteiger partial charge in [0, 0.05) is 29.9 Å². The Balaban J connectivity index is 1.49. The molecular formula is C38H55N5. The van der Waals surface area contributed by atoms with Crippen molar-refractivity contribution in [3.05, 3.63) is 60.7 Å². The van der Waals surface area contributed by atoms with Crippen molar-refractivity contribution < 1.29 is 0 Å². The molecule has 4 aliphatic carbocycles. The molecule has 2 aromatic carbocycles. The number of nitrogens with zero attached hydrogens (tertiary/aromatic N) is 4. The van der Waals surface area contributed by atoms with Gasteiger partial charge in [-0.3, -0.25) is 0 Å². The van der Waals surface area contributed by atoms with Crippen LogP contribution in [0.5, 0.6) is 0 Å². The first-order valence-corrected chi connectivity index (χ1v) is 18.0. The highest BCUT2D eigenvalue weighted by atomic mass is 15.4. The molecular weight excluding hydrogens is 526 g/mol. The number of anilines is 1. The van der Waals surface area contributed by atoms with Crippen molar-refractivity contribution in [1.29, 1.82) is 0 Å². The van der Waals surface area contributed by atoms with Crippen LogP contribution in [0, 0.1) is 0 Å². The Hall–Kier alpha value is -2.82. The lowest BCUT2D eigenvalue weighted by Gasteiger charge is -2.51.